The number of hydrogen-bond donors (Lipinski definition) is 3. The van der Waals surface area contributed by atoms with Crippen molar-refractivity contribution < 1.29 is 4.39 Å². The Morgan fingerprint density at radius 3 is 2.59 bits per heavy atom. The van der Waals surface area contributed by atoms with Gasteiger partial charge in [0.25, 0.3) is 0 Å². The van der Waals surface area contributed by atoms with Gasteiger partial charge >= 0.3 is 0 Å². The number of benzene rings is 2. The lowest BCUT2D eigenvalue weighted by Crippen LogP contribution is -2.12. The molecule has 0 saturated heterocycles. The molecule has 0 unspecified atom stereocenters. The van der Waals surface area contributed by atoms with E-state index in [9.17, 15) is 4.39 Å². The Labute approximate surface area is 226 Å². The van der Waals surface area contributed by atoms with E-state index >= 15 is 0 Å². The molecule has 0 bridgehead atoms. The first-order valence-corrected chi connectivity index (χ1v) is 13.3. The molecule has 7 nitrogen and oxygen atoms in total. The molecule has 0 radical (unpaired) electrons. The summed E-state index contributed by atoms with van der Waals surface area (Å²) in [5.41, 5.74) is 8.18. The highest BCUT2D eigenvalue weighted by atomic mass is 32.1. The van der Waals surface area contributed by atoms with Gasteiger partial charge in [0.1, 0.15) is 16.9 Å². The third-order valence-corrected chi connectivity index (χ3v) is 7.50. The molecule has 0 aliphatic carbocycles. The fourth-order valence-corrected chi connectivity index (χ4v) is 5.46. The van der Waals surface area contributed by atoms with E-state index in [1.807, 2.05) is 42.7 Å². The Morgan fingerprint density at radius 2 is 1.72 bits per heavy atom. The molecule has 0 atom stereocenters. The van der Waals surface area contributed by atoms with Gasteiger partial charge in [0, 0.05) is 42.6 Å². The first kappa shape index (κ1) is 23.4. The summed E-state index contributed by atoms with van der Waals surface area (Å²) in [4.78, 5) is 17.9. The average Bonchev–Trinajstić information content (AvgIpc) is 3.71. The van der Waals surface area contributed by atoms with Crippen LogP contribution in [0.15, 0.2) is 91.4 Å². The van der Waals surface area contributed by atoms with Gasteiger partial charge in [0.15, 0.2) is 11.0 Å². The second-order valence-corrected chi connectivity index (χ2v) is 10.3. The number of aromatic amines is 2. The van der Waals surface area contributed by atoms with Gasteiger partial charge in [-0.05, 0) is 53.1 Å². The van der Waals surface area contributed by atoms with Crippen molar-refractivity contribution in [1.29, 1.82) is 0 Å². The van der Waals surface area contributed by atoms with Crippen LogP contribution in [0.3, 0.4) is 0 Å². The number of pyridine rings is 2. The number of H-pyrrole nitrogens is 2. The summed E-state index contributed by atoms with van der Waals surface area (Å²) in [5, 5.41) is 11.9. The predicted octanol–water partition coefficient (Wildman–Crippen LogP) is 6.72. The molecule has 2 aromatic carbocycles. The highest BCUT2D eigenvalue weighted by Gasteiger charge is 2.17. The van der Waals surface area contributed by atoms with Crippen LogP contribution in [0.1, 0.15) is 11.1 Å². The summed E-state index contributed by atoms with van der Waals surface area (Å²) in [6.07, 6.45) is 5.47. The number of hydrogen-bond acceptors (Lipinski definition) is 6. The summed E-state index contributed by atoms with van der Waals surface area (Å²) >= 11 is 1.05. The molecule has 39 heavy (non-hydrogen) atoms. The maximum atomic E-state index is 13.7. The Morgan fingerprint density at radius 1 is 0.821 bits per heavy atom. The molecule has 190 valence electrons. The predicted molar refractivity (Wildman–Crippen MR) is 152 cm³/mol. The number of fused-ring (bicyclic) bond motifs is 2. The molecule has 9 heteroatoms. The SMILES string of the molecule is Fc1ccc(-c2nccc3[nH]c(-c4n[nH]c5ccc(-c6cncc(CNCc7ccccc7)c6)cc45)nc23)s1. The number of imidazole rings is 1. The first-order valence-electron chi connectivity index (χ1n) is 12.5. The van der Waals surface area contributed by atoms with Crippen molar-refractivity contribution in [3.05, 3.63) is 108 Å². The number of rotatable bonds is 7. The van der Waals surface area contributed by atoms with Gasteiger partial charge in [-0.15, -0.1) is 11.3 Å². The fraction of sp³-hybridized carbons (Fsp3) is 0.0667. The minimum Gasteiger partial charge on any atom is -0.336 e. The maximum Gasteiger partial charge on any atom is 0.177 e. The van der Waals surface area contributed by atoms with Gasteiger partial charge in [-0.25, -0.2) is 4.98 Å². The maximum absolute atomic E-state index is 13.7. The molecule has 0 spiro atoms. The van der Waals surface area contributed by atoms with Crippen LogP contribution in [0.4, 0.5) is 4.39 Å². The van der Waals surface area contributed by atoms with Crippen molar-refractivity contribution in [3.63, 3.8) is 0 Å². The van der Waals surface area contributed by atoms with E-state index in [0.717, 1.165) is 62.4 Å². The zero-order valence-corrected chi connectivity index (χ0v) is 21.5. The second-order valence-electron chi connectivity index (χ2n) is 9.25. The normalized spacial score (nSPS) is 11.5. The van der Waals surface area contributed by atoms with Crippen LogP contribution in [0.2, 0.25) is 0 Å². The fourth-order valence-electron chi connectivity index (χ4n) is 4.73. The zero-order chi connectivity index (χ0) is 26.2. The topological polar surface area (TPSA) is 95.2 Å². The quantitative estimate of drug-likeness (QED) is 0.212. The van der Waals surface area contributed by atoms with E-state index in [1.165, 1.54) is 11.6 Å². The van der Waals surface area contributed by atoms with Crippen molar-refractivity contribution in [3.8, 4) is 33.2 Å². The molecule has 5 heterocycles. The van der Waals surface area contributed by atoms with E-state index in [4.69, 9.17) is 4.98 Å². The van der Waals surface area contributed by atoms with E-state index in [0.29, 0.717) is 22.7 Å². The average molecular weight is 532 g/mol. The Bertz CT molecular complexity index is 1920. The lowest BCUT2D eigenvalue weighted by atomic mass is 10.0. The highest BCUT2D eigenvalue weighted by molar-refractivity contribution is 7.13. The highest BCUT2D eigenvalue weighted by Crippen LogP contribution is 2.34. The smallest absolute Gasteiger partial charge is 0.177 e. The van der Waals surface area contributed by atoms with Crippen LogP contribution >= 0.6 is 11.3 Å². The number of thiophene rings is 1. The Hall–Kier alpha value is -4.73. The van der Waals surface area contributed by atoms with Crippen molar-refractivity contribution >= 4 is 33.3 Å². The van der Waals surface area contributed by atoms with Crippen LogP contribution < -0.4 is 5.32 Å². The van der Waals surface area contributed by atoms with E-state index in [2.05, 4.69) is 60.8 Å². The van der Waals surface area contributed by atoms with Crippen molar-refractivity contribution in [2.24, 2.45) is 0 Å². The molecule has 0 fully saturated rings. The Kier molecular flexibility index (Phi) is 5.92. The molecule has 0 amide bonds. The lowest BCUT2D eigenvalue weighted by molar-refractivity contribution is 0.657. The summed E-state index contributed by atoms with van der Waals surface area (Å²) in [5.74, 6) is 0.622. The number of aromatic nitrogens is 6. The first-order chi connectivity index (χ1) is 19.2. The second kappa shape index (κ2) is 9.86. The molecule has 0 saturated carbocycles. The summed E-state index contributed by atoms with van der Waals surface area (Å²) < 4.78 is 13.7. The minimum absolute atomic E-state index is 0.254. The van der Waals surface area contributed by atoms with Crippen molar-refractivity contribution in [2.45, 2.75) is 13.1 Å². The third-order valence-electron chi connectivity index (χ3n) is 6.62. The molecule has 7 rings (SSSR count). The largest absolute Gasteiger partial charge is 0.336 e. The van der Waals surface area contributed by atoms with Crippen LogP contribution in [-0.2, 0) is 13.1 Å². The van der Waals surface area contributed by atoms with E-state index in [1.54, 1.807) is 12.3 Å². The molecule has 7 aromatic rings. The molecule has 0 aliphatic heterocycles. The van der Waals surface area contributed by atoms with E-state index in [-0.39, 0.29) is 5.13 Å². The van der Waals surface area contributed by atoms with Gasteiger partial charge in [0.05, 0.1) is 15.9 Å². The Balaban J connectivity index is 1.20. The molecule has 0 aliphatic rings. The molecule has 5 aromatic heterocycles. The third kappa shape index (κ3) is 4.58. The monoisotopic (exact) mass is 531 g/mol. The van der Waals surface area contributed by atoms with Crippen LogP contribution in [0.5, 0.6) is 0 Å². The summed E-state index contributed by atoms with van der Waals surface area (Å²) in [7, 11) is 0. The summed E-state index contributed by atoms with van der Waals surface area (Å²) in [6.45, 7) is 1.52. The number of nitrogens with zero attached hydrogens (tertiary/aromatic N) is 4. The molecule has 3 N–H and O–H groups in total. The van der Waals surface area contributed by atoms with Gasteiger partial charge in [-0.2, -0.15) is 9.49 Å². The van der Waals surface area contributed by atoms with Crippen LogP contribution in [0.25, 0.3) is 55.2 Å². The van der Waals surface area contributed by atoms with Crippen LogP contribution in [-0.4, -0.2) is 30.1 Å². The van der Waals surface area contributed by atoms with Gasteiger partial charge in [0.2, 0.25) is 0 Å². The van der Waals surface area contributed by atoms with E-state index < -0.39 is 0 Å². The van der Waals surface area contributed by atoms with Crippen molar-refractivity contribution in [2.75, 3.05) is 0 Å². The number of halogens is 1. The standard InChI is InChI=1S/C30H22FN7S/c31-26-9-8-25(39-26)29-28-24(10-11-34-29)35-30(36-28)27-22-13-20(6-7-23(22)37-38-27)21-12-19(16-33-17-21)15-32-14-18-4-2-1-3-5-18/h1-13,16-17,32H,14-15H2,(H,35,36)(H,37,38). The van der Waals surface area contributed by atoms with Crippen LogP contribution in [0, 0.1) is 5.13 Å². The van der Waals surface area contributed by atoms with Gasteiger partial charge in [-0.3, -0.25) is 15.1 Å². The van der Waals surface area contributed by atoms with Crippen molar-refractivity contribution in [1.82, 2.24) is 35.5 Å². The summed E-state index contributed by atoms with van der Waals surface area (Å²) in [6, 6.07) is 23.7. The minimum atomic E-state index is -0.254. The lowest BCUT2D eigenvalue weighted by Gasteiger charge is -2.07. The van der Waals surface area contributed by atoms with Gasteiger partial charge in [-0.1, -0.05) is 36.4 Å². The molecular weight excluding hydrogens is 509 g/mol. The zero-order valence-electron chi connectivity index (χ0n) is 20.6. The molecular formula is C30H22FN7S. The number of nitrogens with one attached hydrogen (secondary N) is 3. The van der Waals surface area contributed by atoms with Gasteiger partial charge < -0.3 is 10.3 Å².